The predicted octanol–water partition coefficient (Wildman–Crippen LogP) is 1.27. The first-order chi connectivity index (χ1) is 8.11. The van der Waals surface area contributed by atoms with Crippen molar-refractivity contribution in [3.05, 3.63) is 47.0 Å². The van der Waals surface area contributed by atoms with Crippen LogP contribution >= 0.6 is 0 Å². The van der Waals surface area contributed by atoms with Gasteiger partial charge in [0.1, 0.15) is 0 Å². The lowest BCUT2D eigenvalue weighted by Crippen LogP contribution is -2.47. The monoisotopic (exact) mass is 230 g/mol. The highest BCUT2D eigenvalue weighted by Crippen LogP contribution is 2.26. The first-order valence-electron chi connectivity index (χ1n) is 5.43. The summed E-state index contributed by atoms with van der Waals surface area (Å²) in [5.74, 6) is -0.565. The number of hydrogen-bond donors (Lipinski definition) is 2. The zero-order valence-corrected chi connectivity index (χ0v) is 9.78. The molecule has 1 amide bonds. The smallest absolute Gasteiger partial charge is 0.269 e. The van der Waals surface area contributed by atoms with Crippen LogP contribution in [-0.2, 0) is 9.59 Å². The molecule has 0 bridgehead atoms. The third kappa shape index (κ3) is 2.12. The molecule has 0 saturated carbocycles. The normalized spacial score (nSPS) is 20.1. The summed E-state index contributed by atoms with van der Waals surface area (Å²) in [4.78, 5) is 23.0. The van der Waals surface area contributed by atoms with Crippen molar-refractivity contribution in [2.24, 2.45) is 0 Å². The molecule has 1 aromatic rings. The Balaban J connectivity index is 2.45. The van der Waals surface area contributed by atoms with Crippen LogP contribution in [0.2, 0.25) is 0 Å². The summed E-state index contributed by atoms with van der Waals surface area (Å²) < 4.78 is 0. The lowest BCUT2D eigenvalue weighted by Gasteiger charge is -2.27. The molecule has 88 valence electrons. The van der Waals surface area contributed by atoms with Crippen LogP contribution in [0.15, 0.2) is 41.5 Å². The number of carbonyl (C=O) groups excluding carboxylic acids is 2. The second kappa shape index (κ2) is 4.51. The molecule has 2 rings (SSSR count). The van der Waals surface area contributed by atoms with Gasteiger partial charge in [-0.2, -0.15) is 0 Å². The summed E-state index contributed by atoms with van der Waals surface area (Å²) in [6.45, 7) is 3.21. The molecule has 0 unspecified atom stereocenters. The van der Waals surface area contributed by atoms with Gasteiger partial charge in [-0.15, -0.1) is 0 Å². The van der Waals surface area contributed by atoms with E-state index in [2.05, 4.69) is 10.9 Å². The van der Waals surface area contributed by atoms with Crippen LogP contribution in [0.3, 0.4) is 0 Å². The highest BCUT2D eigenvalue weighted by Gasteiger charge is 2.28. The van der Waals surface area contributed by atoms with E-state index in [9.17, 15) is 9.59 Å². The number of carbonyl (C=O) groups is 2. The molecule has 2 N–H and O–H groups in total. The minimum atomic E-state index is -0.359. The zero-order chi connectivity index (χ0) is 12.4. The van der Waals surface area contributed by atoms with Crippen LogP contribution in [-0.4, -0.2) is 11.7 Å². The van der Waals surface area contributed by atoms with Crippen LogP contribution in [0.5, 0.6) is 0 Å². The minimum Gasteiger partial charge on any atom is -0.294 e. The zero-order valence-electron chi connectivity index (χ0n) is 9.78. The summed E-state index contributed by atoms with van der Waals surface area (Å²) >= 11 is 0. The molecule has 0 radical (unpaired) electrons. The van der Waals surface area contributed by atoms with E-state index in [1.54, 1.807) is 6.92 Å². The van der Waals surface area contributed by atoms with Gasteiger partial charge in [0.05, 0.1) is 11.6 Å². The van der Waals surface area contributed by atoms with E-state index >= 15 is 0 Å². The molecule has 0 aromatic heterocycles. The van der Waals surface area contributed by atoms with Crippen LogP contribution in [0.25, 0.3) is 0 Å². The molecule has 1 aliphatic rings. The van der Waals surface area contributed by atoms with E-state index < -0.39 is 0 Å². The van der Waals surface area contributed by atoms with Crippen LogP contribution < -0.4 is 10.9 Å². The molecule has 0 aliphatic carbocycles. The number of rotatable bonds is 2. The van der Waals surface area contributed by atoms with Gasteiger partial charge in [-0.25, -0.2) is 5.43 Å². The summed E-state index contributed by atoms with van der Waals surface area (Å²) in [5, 5.41) is 0. The van der Waals surface area contributed by atoms with E-state index in [0.717, 1.165) is 11.1 Å². The summed E-state index contributed by atoms with van der Waals surface area (Å²) in [7, 11) is 0. The van der Waals surface area contributed by atoms with Crippen molar-refractivity contribution in [2.75, 3.05) is 0 Å². The van der Waals surface area contributed by atoms with Gasteiger partial charge >= 0.3 is 0 Å². The average Bonchev–Trinajstić information content (AvgIpc) is 2.30. The van der Waals surface area contributed by atoms with Gasteiger partial charge in [-0.3, -0.25) is 15.0 Å². The predicted molar refractivity (Wildman–Crippen MR) is 63.8 cm³/mol. The lowest BCUT2D eigenvalue weighted by molar-refractivity contribution is -0.123. The number of benzene rings is 1. The molecule has 0 saturated heterocycles. The molecule has 1 aliphatic heterocycles. The Bertz CT molecular complexity index is 491. The number of ketones is 1. The van der Waals surface area contributed by atoms with E-state index in [0.29, 0.717) is 0 Å². The molecule has 4 heteroatoms. The molecule has 0 spiro atoms. The molecule has 17 heavy (non-hydrogen) atoms. The van der Waals surface area contributed by atoms with Gasteiger partial charge in [0.15, 0.2) is 5.78 Å². The first kappa shape index (κ1) is 11.5. The summed E-state index contributed by atoms with van der Waals surface area (Å²) in [5.41, 5.74) is 7.46. The Labute approximate surface area is 99.7 Å². The Morgan fingerprint density at radius 1 is 1.24 bits per heavy atom. The molecular formula is C13H14N2O2. The third-order valence-corrected chi connectivity index (χ3v) is 2.87. The van der Waals surface area contributed by atoms with Crippen molar-refractivity contribution in [2.45, 2.75) is 19.9 Å². The quantitative estimate of drug-likeness (QED) is 0.752. The molecule has 1 heterocycles. The van der Waals surface area contributed by atoms with Gasteiger partial charge in [0.25, 0.3) is 5.91 Å². The van der Waals surface area contributed by atoms with Crippen molar-refractivity contribution >= 4 is 11.7 Å². The van der Waals surface area contributed by atoms with Gasteiger partial charge in [-0.05, 0) is 25.0 Å². The van der Waals surface area contributed by atoms with E-state index in [-0.39, 0.29) is 23.3 Å². The molecule has 1 aromatic carbocycles. The van der Waals surface area contributed by atoms with Crippen molar-refractivity contribution in [3.63, 3.8) is 0 Å². The number of nitrogens with one attached hydrogen (secondary N) is 2. The van der Waals surface area contributed by atoms with Gasteiger partial charge in [0.2, 0.25) is 0 Å². The van der Waals surface area contributed by atoms with Crippen molar-refractivity contribution in [1.82, 2.24) is 10.9 Å². The number of Topliss-reactive ketones (excluding diaryl/α,β-unsaturated/α-hetero) is 1. The van der Waals surface area contributed by atoms with Gasteiger partial charge in [0, 0.05) is 0 Å². The fraction of sp³-hybridized carbons (Fsp3) is 0.231. The Morgan fingerprint density at radius 2 is 1.88 bits per heavy atom. The van der Waals surface area contributed by atoms with Gasteiger partial charge < -0.3 is 0 Å². The number of hydrogen-bond acceptors (Lipinski definition) is 3. The maximum atomic E-state index is 11.6. The third-order valence-electron chi connectivity index (χ3n) is 2.87. The first-order valence-corrected chi connectivity index (χ1v) is 5.43. The molecular weight excluding hydrogens is 216 g/mol. The average molecular weight is 230 g/mol. The van der Waals surface area contributed by atoms with Crippen LogP contribution in [0.1, 0.15) is 25.5 Å². The SMILES string of the molecule is CC(=O)C1=C(C)[C@H](c2ccccc2)NNC1=O. The van der Waals surface area contributed by atoms with Crippen molar-refractivity contribution in [1.29, 1.82) is 0 Å². The molecule has 4 nitrogen and oxygen atoms in total. The van der Waals surface area contributed by atoms with E-state index in [4.69, 9.17) is 0 Å². The second-order valence-electron chi connectivity index (χ2n) is 4.06. The summed E-state index contributed by atoms with van der Waals surface area (Å²) in [6, 6.07) is 9.54. The number of hydrazine groups is 1. The Morgan fingerprint density at radius 3 is 2.47 bits per heavy atom. The second-order valence-corrected chi connectivity index (χ2v) is 4.06. The van der Waals surface area contributed by atoms with Crippen molar-refractivity contribution in [3.8, 4) is 0 Å². The Hall–Kier alpha value is -1.94. The summed E-state index contributed by atoms with van der Waals surface area (Å²) in [6.07, 6.45) is 0. The van der Waals surface area contributed by atoms with E-state index in [1.807, 2.05) is 30.3 Å². The molecule has 1 atom stereocenters. The van der Waals surface area contributed by atoms with Crippen molar-refractivity contribution < 1.29 is 9.59 Å². The standard InChI is InChI=1S/C13H14N2O2/c1-8-11(9(2)16)13(17)15-14-12(8)10-6-4-3-5-7-10/h3-7,12,14H,1-2H3,(H,15,17)/t12-/m1/s1. The fourth-order valence-electron chi connectivity index (χ4n) is 2.05. The van der Waals surface area contributed by atoms with Crippen LogP contribution in [0, 0.1) is 0 Å². The fourth-order valence-corrected chi connectivity index (χ4v) is 2.05. The van der Waals surface area contributed by atoms with Gasteiger partial charge in [-0.1, -0.05) is 30.3 Å². The topological polar surface area (TPSA) is 58.2 Å². The molecule has 0 fully saturated rings. The van der Waals surface area contributed by atoms with E-state index in [1.165, 1.54) is 6.92 Å². The highest BCUT2D eigenvalue weighted by atomic mass is 16.2. The maximum absolute atomic E-state index is 11.6. The maximum Gasteiger partial charge on any atom is 0.269 e. The largest absolute Gasteiger partial charge is 0.294 e. The van der Waals surface area contributed by atoms with Crippen LogP contribution in [0.4, 0.5) is 0 Å². The minimum absolute atomic E-state index is 0.146. The Kier molecular flexibility index (Phi) is 3.06. The number of amides is 1. The highest BCUT2D eigenvalue weighted by molar-refractivity contribution is 6.19. The lowest BCUT2D eigenvalue weighted by atomic mass is 9.93.